The van der Waals surface area contributed by atoms with E-state index in [1.807, 2.05) is 6.07 Å². The molecule has 0 radical (unpaired) electrons. The lowest BCUT2D eigenvalue weighted by molar-refractivity contribution is 0.615. The molecule has 0 unspecified atom stereocenters. The van der Waals surface area contributed by atoms with Crippen molar-refractivity contribution in [1.82, 2.24) is 0 Å². The molecule has 0 heterocycles. The van der Waals surface area contributed by atoms with Gasteiger partial charge >= 0.3 is 0 Å². The Morgan fingerprint density at radius 1 is 1.06 bits per heavy atom. The molecular formula is C14H9F2N. The van der Waals surface area contributed by atoms with E-state index in [0.717, 1.165) is 5.56 Å². The fraction of sp³-hybridized carbons (Fsp3) is 0.0714. The maximum atomic E-state index is 13.8. The van der Waals surface area contributed by atoms with E-state index in [-0.39, 0.29) is 16.7 Å². The SMILES string of the molecule is Cc1ccc(-c2c(F)cccc2C#N)c(F)c1. The summed E-state index contributed by atoms with van der Waals surface area (Å²) in [6.45, 7) is 1.75. The van der Waals surface area contributed by atoms with E-state index in [2.05, 4.69) is 0 Å². The Labute approximate surface area is 97.9 Å². The van der Waals surface area contributed by atoms with Crippen molar-refractivity contribution < 1.29 is 8.78 Å². The van der Waals surface area contributed by atoms with Crippen molar-refractivity contribution in [2.75, 3.05) is 0 Å². The van der Waals surface area contributed by atoms with E-state index in [1.165, 1.54) is 30.3 Å². The minimum Gasteiger partial charge on any atom is -0.206 e. The van der Waals surface area contributed by atoms with E-state index in [0.29, 0.717) is 0 Å². The average molecular weight is 229 g/mol. The lowest BCUT2D eigenvalue weighted by Gasteiger charge is -2.07. The number of hydrogen-bond acceptors (Lipinski definition) is 1. The average Bonchev–Trinajstić information content (AvgIpc) is 2.30. The van der Waals surface area contributed by atoms with Crippen LogP contribution in [0.2, 0.25) is 0 Å². The Morgan fingerprint density at radius 2 is 1.82 bits per heavy atom. The van der Waals surface area contributed by atoms with Crippen LogP contribution in [0.1, 0.15) is 11.1 Å². The molecule has 2 rings (SSSR count). The molecule has 84 valence electrons. The molecule has 1 nitrogen and oxygen atoms in total. The van der Waals surface area contributed by atoms with Crippen molar-refractivity contribution in [1.29, 1.82) is 5.26 Å². The first-order valence-electron chi connectivity index (χ1n) is 5.08. The predicted molar refractivity (Wildman–Crippen MR) is 61.2 cm³/mol. The van der Waals surface area contributed by atoms with Crippen molar-refractivity contribution >= 4 is 0 Å². The van der Waals surface area contributed by atoms with Crippen LogP contribution in [0.4, 0.5) is 8.78 Å². The maximum absolute atomic E-state index is 13.8. The minimum atomic E-state index is -0.591. The van der Waals surface area contributed by atoms with Gasteiger partial charge in [0.1, 0.15) is 11.6 Å². The summed E-state index contributed by atoms with van der Waals surface area (Å²) in [5.41, 5.74) is 1.02. The summed E-state index contributed by atoms with van der Waals surface area (Å²) in [5.74, 6) is -1.11. The smallest absolute Gasteiger partial charge is 0.132 e. The van der Waals surface area contributed by atoms with Gasteiger partial charge in [0.15, 0.2) is 0 Å². The van der Waals surface area contributed by atoms with Crippen molar-refractivity contribution in [3.8, 4) is 17.2 Å². The summed E-state index contributed by atoms with van der Waals surface area (Å²) >= 11 is 0. The Morgan fingerprint density at radius 3 is 2.47 bits per heavy atom. The predicted octanol–water partition coefficient (Wildman–Crippen LogP) is 3.81. The van der Waals surface area contributed by atoms with E-state index < -0.39 is 11.6 Å². The summed E-state index contributed by atoms with van der Waals surface area (Å²) in [5, 5.41) is 8.91. The van der Waals surface area contributed by atoms with Gasteiger partial charge in [0.25, 0.3) is 0 Å². The highest BCUT2D eigenvalue weighted by atomic mass is 19.1. The van der Waals surface area contributed by atoms with E-state index in [1.54, 1.807) is 13.0 Å². The molecule has 0 amide bonds. The molecule has 0 saturated carbocycles. The number of rotatable bonds is 1. The fourth-order valence-electron chi connectivity index (χ4n) is 1.71. The van der Waals surface area contributed by atoms with Crippen LogP contribution in [0.5, 0.6) is 0 Å². The molecule has 2 aromatic rings. The van der Waals surface area contributed by atoms with Gasteiger partial charge in [-0.2, -0.15) is 5.26 Å². The molecule has 0 spiro atoms. The molecule has 0 fully saturated rings. The van der Waals surface area contributed by atoms with Gasteiger partial charge in [-0.3, -0.25) is 0 Å². The molecule has 0 atom stereocenters. The third kappa shape index (κ3) is 2.02. The summed E-state index contributed by atoms with van der Waals surface area (Å²) < 4.78 is 27.4. The maximum Gasteiger partial charge on any atom is 0.132 e. The first-order chi connectivity index (χ1) is 8.13. The van der Waals surface area contributed by atoms with Gasteiger partial charge in [0.05, 0.1) is 11.6 Å². The second-order valence-electron chi connectivity index (χ2n) is 3.76. The Bertz CT molecular complexity index is 612. The van der Waals surface area contributed by atoms with Crippen molar-refractivity contribution in [3.63, 3.8) is 0 Å². The standard InChI is InChI=1S/C14H9F2N/c1-9-5-6-11(13(16)7-9)14-10(8-17)3-2-4-12(14)15/h2-7H,1H3. The normalized spacial score (nSPS) is 10.0. The van der Waals surface area contributed by atoms with Crippen molar-refractivity contribution in [2.45, 2.75) is 6.92 Å². The topological polar surface area (TPSA) is 23.8 Å². The largest absolute Gasteiger partial charge is 0.206 e. The third-order valence-corrected chi connectivity index (χ3v) is 2.53. The summed E-state index contributed by atoms with van der Waals surface area (Å²) in [7, 11) is 0. The molecule has 0 aliphatic heterocycles. The van der Waals surface area contributed by atoms with Crippen LogP contribution in [0, 0.1) is 29.9 Å². The monoisotopic (exact) mass is 229 g/mol. The van der Waals surface area contributed by atoms with Crippen LogP contribution in [0.15, 0.2) is 36.4 Å². The van der Waals surface area contributed by atoms with Crippen LogP contribution >= 0.6 is 0 Å². The third-order valence-electron chi connectivity index (χ3n) is 2.53. The molecule has 3 heteroatoms. The van der Waals surface area contributed by atoms with Gasteiger partial charge in [-0.25, -0.2) is 8.78 Å². The highest BCUT2D eigenvalue weighted by Crippen LogP contribution is 2.29. The van der Waals surface area contributed by atoms with Crippen LogP contribution < -0.4 is 0 Å². The van der Waals surface area contributed by atoms with Gasteiger partial charge < -0.3 is 0 Å². The summed E-state index contributed by atoms with van der Waals surface area (Å²) in [6.07, 6.45) is 0. The quantitative estimate of drug-likeness (QED) is 0.729. The number of hydrogen-bond donors (Lipinski definition) is 0. The second-order valence-corrected chi connectivity index (χ2v) is 3.76. The van der Waals surface area contributed by atoms with E-state index in [4.69, 9.17) is 5.26 Å². The fourth-order valence-corrected chi connectivity index (χ4v) is 1.71. The number of benzene rings is 2. The van der Waals surface area contributed by atoms with E-state index in [9.17, 15) is 8.78 Å². The number of nitriles is 1. The zero-order valence-electron chi connectivity index (χ0n) is 9.17. The van der Waals surface area contributed by atoms with E-state index >= 15 is 0 Å². The van der Waals surface area contributed by atoms with Crippen LogP contribution in [-0.2, 0) is 0 Å². The lowest BCUT2D eigenvalue weighted by atomic mass is 9.98. The molecule has 17 heavy (non-hydrogen) atoms. The Kier molecular flexibility index (Phi) is 2.88. The molecule has 2 aromatic carbocycles. The minimum absolute atomic E-state index is 0.0208. The molecule has 0 aromatic heterocycles. The first-order valence-corrected chi connectivity index (χ1v) is 5.08. The zero-order valence-corrected chi connectivity index (χ0v) is 9.17. The van der Waals surface area contributed by atoms with Crippen molar-refractivity contribution in [3.05, 3.63) is 59.2 Å². The summed E-state index contributed by atoms with van der Waals surface area (Å²) in [4.78, 5) is 0. The van der Waals surface area contributed by atoms with Gasteiger partial charge in [0, 0.05) is 11.1 Å². The molecular weight excluding hydrogens is 220 g/mol. The van der Waals surface area contributed by atoms with Crippen molar-refractivity contribution in [2.24, 2.45) is 0 Å². The van der Waals surface area contributed by atoms with Gasteiger partial charge in [0.2, 0.25) is 0 Å². The summed E-state index contributed by atoms with van der Waals surface area (Å²) in [6, 6.07) is 10.5. The highest BCUT2D eigenvalue weighted by molar-refractivity contribution is 5.71. The van der Waals surface area contributed by atoms with Gasteiger partial charge in [-0.05, 0) is 30.7 Å². The Balaban J connectivity index is 2.73. The molecule has 0 bridgehead atoms. The van der Waals surface area contributed by atoms with Gasteiger partial charge in [-0.1, -0.05) is 18.2 Å². The molecule has 0 saturated heterocycles. The second kappa shape index (κ2) is 4.34. The van der Waals surface area contributed by atoms with Crippen LogP contribution in [0.25, 0.3) is 11.1 Å². The Hall–Kier alpha value is -2.21. The molecule has 0 aliphatic carbocycles. The van der Waals surface area contributed by atoms with Crippen LogP contribution in [-0.4, -0.2) is 0 Å². The zero-order chi connectivity index (χ0) is 12.4. The first kappa shape index (κ1) is 11.3. The number of aryl methyl sites for hydroxylation is 1. The number of halogens is 2. The highest BCUT2D eigenvalue weighted by Gasteiger charge is 2.14. The lowest BCUT2D eigenvalue weighted by Crippen LogP contribution is -1.93. The van der Waals surface area contributed by atoms with Gasteiger partial charge in [-0.15, -0.1) is 0 Å². The molecule has 0 N–H and O–H groups in total. The molecule has 0 aliphatic rings. The number of nitrogens with zero attached hydrogens (tertiary/aromatic N) is 1. The van der Waals surface area contributed by atoms with Crippen LogP contribution in [0.3, 0.4) is 0 Å².